The van der Waals surface area contributed by atoms with Crippen molar-refractivity contribution >= 4 is 34.2 Å². The van der Waals surface area contributed by atoms with Crippen LogP contribution in [0.2, 0.25) is 0 Å². The van der Waals surface area contributed by atoms with E-state index in [2.05, 4.69) is 27.6 Å². The summed E-state index contributed by atoms with van der Waals surface area (Å²) in [7, 11) is 0. The molecule has 2 heterocycles. The van der Waals surface area contributed by atoms with Gasteiger partial charge in [-0.25, -0.2) is 9.78 Å². The Hall–Kier alpha value is -1.11. The van der Waals surface area contributed by atoms with Gasteiger partial charge in [0.15, 0.2) is 0 Å². The Kier molecular flexibility index (Phi) is 2.90. The smallest absolute Gasteiger partial charge is 0.355 e. The van der Waals surface area contributed by atoms with Crippen molar-refractivity contribution in [2.75, 3.05) is 6.61 Å². The van der Waals surface area contributed by atoms with E-state index in [1.54, 1.807) is 29.7 Å². The molecule has 5 heteroatoms. The molecule has 0 aliphatic carbocycles. The molecule has 0 aromatic carbocycles. The maximum absolute atomic E-state index is 11.6. The highest BCUT2D eigenvalue weighted by molar-refractivity contribution is 14.1. The average molecular weight is 316 g/mol. The highest BCUT2D eigenvalue weighted by Gasteiger charge is 2.12. The topological polar surface area (TPSA) is 43.6 Å². The van der Waals surface area contributed by atoms with Gasteiger partial charge in [-0.1, -0.05) is 6.07 Å². The maximum Gasteiger partial charge on any atom is 0.355 e. The van der Waals surface area contributed by atoms with Crippen molar-refractivity contribution in [2.24, 2.45) is 0 Å². The molecule has 0 fully saturated rings. The van der Waals surface area contributed by atoms with Gasteiger partial charge < -0.3 is 4.74 Å². The molecule has 0 unspecified atom stereocenters. The number of imidazole rings is 1. The largest absolute Gasteiger partial charge is 0.461 e. The lowest BCUT2D eigenvalue weighted by Gasteiger charge is -2.05. The number of nitrogens with zero attached hydrogens (tertiary/aromatic N) is 2. The van der Waals surface area contributed by atoms with E-state index < -0.39 is 0 Å². The van der Waals surface area contributed by atoms with Crippen LogP contribution in [0.1, 0.15) is 17.4 Å². The molecule has 4 nitrogen and oxygen atoms in total. The molecule has 2 rings (SSSR count). The first-order valence-electron chi connectivity index (χ1n) is 4.53. The van der Waals surface area contributed by atoms with Crippen molar-refractivity contribution in [3.63, 3.8) is 0 Å². The summed E-state index contributed by atoms with van der Waals surface area (Å²) in [6.45, 7) is 2.16. The van der Waals surface area contributed by atoms with Gasteiger partial charge in [-0.3, -0.25) is 4.40 Å². The minimum Gasteiger partial charge on any atom is -0.461 e. The van der Waals surface area contributed by atoms with Gasteiger partial charge in [0.25, 0.3) is 0 Å². The standard InChI is InChI=1S/C10H9IN2O2/c1-2-15-10(14)7-4-3-5-9-12-6-8(11)13(7)9/h3-6H,2H2,1H3. The zero-order chi connectivity index (χ0) is 10.8. The highest BCUT2D eigenvalue weighted by atomic mass is 127. The van der Waals surface area contributed by atoms with Crippen molar-refractivity contribution in [2.45, 2.75) is 6.92 Å². The van der Waals surface area contributed by atoms with E-state index in [0.717, 1.165) is 9.35 Å². The normalized spacial score (nSPS) is 10.5. The Morgan fingerprint density at radius 2 is 2.40 bits per heavy atom. The van der Waals surface area contributed by atoms with Gasteiger partial charge in [0, 0.05) is 0 Å². The van der Waals surface area contributed by atoms with Gasteiger partial charge >= 0.3 is 5.97 Å². The summed E-state index contributed by atoms with van der Waals surface area (Å²) in [5.41, 5.74) is 1.27. The maximum atomic E-state index is 11.6. The number of fused-ring (bicyclic) bond motifs is 1. The Bertz CT molecular complexity index is 507. The van der Waals surface area contributed by atoms with E-state index in [-0.39, 0.29) is 5.97 Å². The van der Waals surface area contributed by atoms with Crippen LogP contribution in [0.5, 0.6) is 0 Å². The van der Waals surface area contributed by atoms with E-state index in [1.807, 2.05) is 6.07 Å². The zero-order valence-corrected chi connectivity index (χ0v) is 10.3. The number of hydrogen-bond acceptors (Lipinski definition) is 3. The fourth-order valence-corrected chi connectivity index (χ4v) is 2.01. The number of carbonyl (C=O) groups is 1. The van der Waals surface area contributed by atoms with Crippen LogP contribution < -0.4 is 0 Å². The third-order valence-corrected chi connectivity index (χ3v) is 2.73. The fraction of sp³-hybridized carbons (Fsp3) is 0.200. The number of hydrogen-bond donors (Lipinski definition) is 0. The molecule has 0 radical (unpaired) electrons. The number of pyridine rings is 1. The minimum absolute atomic E-state index is 0.320. The molecule has 0 atom stereocenters. The van der Waals surface area contributed by atoms with Gasteiger partial charge in [0.1, 0.15) is 15.0 Å². The van der Waals surface area contributed by atoms with Crippen LogP contribution in [0.25, 0.3) is 5.65 Å². The van der Waals surface area contributed by atoms with Crippen LogP contribution in [0.3, 0.4) is 0 Å². The van der Waals surface area contributed by atoms with Crippen LogP contribution in [0, 0.1) is 3.70 Å². The zero-order valence-electron chi connectivity index (χ0n) is 8.11. The first kappa shape index (κ1) is 10.4. The van der Waals surface area contributed by atoms with E-state index >= 15 is 0 Å². The molecule has 0 amide bonds. The van der Waals surface area contributed by atoms with Crippen molar-refractivity contribution in [1.82, 2.24) is 9.38 Å². The molecular weight excluding hydrogens is 307 g/mol. The quantitative estimate of drug-likeness (QED) is 0.630. The van der Waals surface area contributed by atoms with E-state index in [0.29, 0.717) is 12.3 Å². The Morgan fingerprint density at radius 3 is 3.13 bits per heavy atom. The number of ether oxygens (including phenoxy) is 1. The molecule has 0 saturated heterocycles. The van der Waals surface area contributed by atoms with E-state index in [1.165, 1.54) is 0 Å². The van der Waals surface area contributed by atoms with Gasteiger partial charge in [0.05, 0.1) is 12.8 Å². The Balaban J connectivity index is 2.59. The lowest BCUT2D eigenvalue weighted by molar-refractivity contribution is 0.0517. The van der Waals surface area contributed by atoms with Crippen LogP contribution in [-0.2, 0) is 4.74 Å². The van der Waals surface area contributed by atoms with Gasteiger partial charge in [0.2, 0.25) is 0 Å². The van der Waals surface area contributed by atoms with Crippen molar-refractivity contribution in [3.8, 4) is 0 Å². The third-order valence-electron chi connectivity index (χ3n) is 1.97. The predicted octanol–water partition coefficient (Wildman–Crippen LogP) is 2.12. The average Bonchev–Trinajstić information content (AvgIpc) is 2.61. The molecule has 2 aromatic rings. The second-order valence-corrected chi connectivity index (χ2v) is 4.01. The summed E-state index contributed by atoms with van der Waals surface area (Å²) in [4.78, 5) is 15.8. The number of carbonyl (C=O) groups excluding carboxylic acids is 1. The van der Waals surface area contributed by atoms with Gasteiger partial charge in [-0.05, 0) is 41.6 Å². The summed E-state index contributed by atoms with van der Waals surface area (Å²) in [6, 6.07) is 5.38. The molecule has 0 bridgehead atoms. The highest BCUT2D eigenvalue weighted by Crippen LogP contribution is 2.13. The van der Waals surface area contributed by atoms with E-state index in [9.17, 15) is 4.79 Å². The van der Waals surface area contributed by atoms with Crippen LogP contribution in [0.15, 0.2) is 24.4 Å². The van der Waals surface area contributed by atoms with Crippen molar-refractivity contribution < 1.29 is 9.53 Å². The summed E-state index contributed by atoms with van der Waals surface area (Å²) < 4.78 is 7.64. The molecule has 0 aliphatic rings. The second-order valence-electron chi connectivity index (χ2n) is 2.91. The SMILES string of the molecule is CCOC(=O)c1cccc2ncc(I)n12. The molecule has 2 aromatic heterocycles. The summed E-state index contributed by atoms with van der Waals surface area (Å²) in [6.07, 6.45) is 1.72. The Labute approximate surface area is 100 Å². The van der Waals surface area contributed by atoms with E-state index in [4.69, 9.17) is 4.74 Å². The summed E-state index contributed by atoms with van der Waals surface area (Å²) in [5.74, 6) is -0.320. The molecule has 0 N–H and O–H groups in total. The number of aromatic nitrogens is 2. The van der Waals surface area contributed by atoms with Gasteiger partial charge in [-0.15, -0.1) is 0 Å². The monoisotopic (exact) mass is 316 g/mol. The predicted molar refractivity (Wildman–Crippen MR) is 63.9 cm³/mol. The first-order valence-corrected chi connectivity index (χ1v) is 5.61. The molecule has 0 saturated carbocycles. The second kappa shape index (κ2) is 4.18. The lowest BCUT2D eigenvalue weighted by Crippen LogP contribution is -2.10. The Morgan fingerprint density at radius 1 is 1.60 bits per heavy atom. The number of halogens is 1. The number of rotatable bonds is 2. The van der Waals surface area contributed by atoms with Crippen LogP contribution in [-0.4, -0.2) is 22.0 Å². The fourth-order valence-electron chi connectivity index (χ4n) is 1.36. The number of esters is 1. The van der Waals surface area contributed by atoms with Crippen molar-refractivity contribution in [1.29, 1.82) is 0 Å². The molecule has 0 spiro atoms. The van der Waals surface area contributed by atoms with Crippen molar-refractivity contribution in [3.05, 3.63) is 33.8 Å². The molecule has 78 valence electrons. The van der Waals surface area contributed by atoms with Crippen LogP contribution in [0.4, 0.5) is 0 Å². The molecule has 15 heavy (non-hydrogen) atoms. The van der Waals surface area contributed by atoms with Crippen LogP contribution >= 0.6 is 22.6 Å². The summed E-state index contributed by atoms with van der Waals surface area (Å²) >= 11 is 2.13. The molecular formula is C10H9IN2O2. The lowest BCUT2D eigenvalue weighted by atomic mass is 10.3. The third kappa shape index (κ3) is 1.83. The summed E-state index contributed by atoms with van der Waals surface area (Å²) in [5, 5.41) is 0. The first-order chi connectivity index (χ1) is 7.24. The molecule has 0 aliphatic heterocycles. The van der Waals surface area contributed by atoms with Gasteiger partial charge in [-0.2, -0.15) is 0 Å². The minimum atomic E-state index is -0.320.